The van der Waals surface area contributed by atoms with Crippen molar-refractivity contribution in [3.8, 4) is 0 Å². The Morgan fingerprint density at radius 2 is 1.92 bits per heavy atom. The lowest BCUT2D eigenvalue weighted by Crippen LogP contribution is -2.42. The van der Waals surface area contributed by atoms with Crippen molar-refractivity contribution in [1.29, 1.82) is 0 Å². The first kappa shape index (κ1) is 15.6. The number of hydrogen-bond acceptors (Lipinski definition) is 3. The summed E-state index contributed by atoms with van der Waals surface area (Å²) in [5.74, 6) is 0.913. The zero-order valence-electron chi connectivity index (χ0n) is 15.2. The number of aromatic nitrogens is 3. The molecular formula is C20H28N4O. The number of piperidine rings is 1. The molecule has 134 valence electrons. The summed E-state index contributed by atoms with van der Waals surface area (Å²) in [6, 6.07) is 0.296. The standard InChI is InChI=1S/C20H28N4O/c1-22-19-18(11-21-22)16-6-2-3-7-17(16)20(25)24(19)15-5-4-10-23(13-15)12-14-8-9-14/h11,14-15H,2-10,12-13H2,1H3. The SMILES string of the molecule is Cn1ncc2c3c(c(=O)n(C4CCCN(CC5CC5)C4)c21)CCCC3. The second kappa shape index (κ2) is 5.97. The molecule has 0 spiro atoms. The van der Waals surface area contributed by atoms with Gasteiger partial charge in [-0.25, -0.2) is 0 Å². The molecule has 1 atom stereocenters. The highest BCUT2D eigenvalue weighted by Gasteiger charge is 2.31. The second-order valence-electron chi connectivity index (χ2n) is 8.34. The fourth-order valence-electron chi connectivity index (χ4n) is 5.02. The van der Waals surface area contributed by atoms with E-state index in [1.807, 2.05) is 17.9 Å². The molecule has 3 heterocycles. The number of likely N-dealkylation sites (tertiary alicyclic amines) is 1. The van der Waals surface area contributed by atoms with Gasteiger partial charge in [0.25, 0.3) is 5.56 Å². The van der Waals surface area contributed by atoms with Crippen LogP contribution in [-0.2, 0) is 19.9 Å². The first-order valence-corrected chi connectivity index (χ1v) is 10.0. The van der Waals surface area contributed by atoms with Crippen LogP contribution in [0.4, 0.5) is 0 Å². The maximum Gasteiger partial charge on any atom is 0.255 e. The number of nitrogens with zero attached hydrogens (tertiary/aromatic N) is 4. The number of hydrogen-bond donors (Lipinski definition) is 0. The molecule has 1 saturated heterocycles. The Morgan fingerprint density at radius 3 is 2.72 bits per heavy atom. The minimum atomic E-state index is 0.268. The van der Waals surface area contributed by atoms with Crippen molar-refractivity contribution in [3.63, 3.8) is 0 Å². The summed E-state index contributed by atoms with van der Waals surface area (Å²) in [4.78, 5) is 16.0. The van der Waals surface area contributed by atoms with E-state index in [1.54, 1.807) is 0 Å². The summed E-state index contributed by atoms with van der Waals surface area (Å²) >= 11 is 0. The van der Waals surface area contributed by atoms with Crippen LogP contribution in [0.25, 0.3) is 11.0 Å². The molecule has 0 N–H and O–H groups in total. The van der Waals surface area contributed by atoms with Gasteiger partial charge in [-0.2, -0.15) is 5.10 Å². The molecule has 5 nitrogen and oxygen atoms in total. The molecule has 1 saturated carbocycles. The van der Waals surface area contributed by atoms with E-state index < -0.39 is 0 Å². The summed E-state index contributed by atoms with van der Waals surface area (Å²) < 4.78 is 4.04. The van der Waals surface area contributed by atoms with Gasteiger partial charge < -0.3 is 4.90 Å². The number of rotatable bonds is 3. The van der Waals surface area contributed by atoms with E-state index >= 15 is 0 Å². The van der Waals surface area contributed by atoms with Crippen LogP contribution < -0.4 is 5.56 Å². The monoisotopic (exact) mass is 340 g/mol. The largest absolute Gasteiger partial charge is 0.301 e. The number of fused-ring (bicyclic) bond motifs is 3. The Balaban J connectivity index is 1.61. The molecule has 2 fully saturated rings. The summed E-state index contributed by atoms with van der Waals surface area (Å²) in [5, 5.41) is 5.74. The fourth-order valence-corrected chi connectivity index (χ4v) is 5.02. The normalized spacial score (nSPS) is 24.6. The third-order valence-electron chi connectivity index (χ3n) is 6.46. The summed E-state index contributed by atoms with van der Waals surface area (Å²) in [7, 11) is 1.98. The molecule has 0 aromatic carbocycles. The minimum Gasteiger partial charge on any atom is -0.301 e. The Bertz CT molecular complexity index is 861. The lowest BCUT2D eigenvalue weighted by atomic mass is 9.90. The molecule has 2 aromatic heterocycles. The highest BCUT2D eigenvalue weighted by Crippen LogP contribution is 2.33. The fraction of sp³-hybridized carbons (Fsp3) is 0.700. The zero-order chi connectivity index (χ0) is 17.0. The van der Waals surface area contributed by atoms with Gasteiger partial charge in [0, 0.05) is 31.1 Å². The molecule has 2 aromatic rings. The smallest absolute Gasteiger partial charge is 0.255 e. The molecule has 1 unspecified atom stereocenters. The van der Waals surface area contributed by atoms with E-state index in [4.69, 9.17) is 0 Å². The lowest BCUT2D eigenvalue weighted by molar-refractivity contribution is 0.170. The molecule has 0 bridgehead atoms. The van der Waals surface area contributed by atoms with Gasteiger partial charge in [-0.05, 0) is 69.4 Å². The van der Waals surface area contributed by atoms with Crippen LogP contribution in [0.5, 0.6) is 0 Å². The van der Waals surface area contributed by atoms with Crippen molar-refractivity contribution in [2.24, 2.45) is 13.0 Å². The van der Waals surface area contributed by atoms with E-state index in [2.05, 4.69) is 14.6 Å². The second-order valence-corrected chi connectivity index (χ2v) is 8.34. The maximum atomic E-state index is 13.4. The highest BCUT2D eigenvalue weighted by atomic mass is 16.1. The summed E-state index contributed by atoms with van der Waals surface area (Å²) in [5.41, 5.74) is 3.67. The van der Waals surface area contributed by atoms with E-state index in [0.29, 0.717) is 6.04 Å². The number of pyridine rings is 1. The molecule has 25 heavy (non-hydrogen) atoms. The summed E-state index contributed by atoms with van der Waals surface area (Å²) in [6.07, 6.45) is 11.4. The Labute approximate surface area is 148 Å². The van der Waals surface area contributed by atoms with Crippen LogP contribution in [0.3, 0.4) is 0 Å². The molecule has 3 aliphatic rings. The average Bonchev–Trinajstić information content (AvgIpc) is 3.37. The third-order valence-corrected chi connectivity index (χ3v) is 6.46. The van der Waals surface area contributed by atoms with E-state index in [9.17, 15) is 4.79 Å². The average molecular weight is 340 g/mol. The van der Waals surface area contributed by atoms with Crippen molar-refractivity contribution >= 4 is 11.0 Å². The predicted octanol–water partition coefficient (Wildman–Crippen LogP) is 2.66. The quantitative estimate of drug-likeness (QED) is 0.863. The van der Waals surface area contributed by atoms with Crippen molar-refractivity contribution in [2.75, 3.05) is 19.6 Å². The van der Waals surface area contributed by atoms with Crippen LogP contribution in [0.2, 0.25) is 0 Å². The van der Waals surface area contributed by atoms with Crippen LogP contribution in [0, 0.1) is 5.92 Å². The van der Waals surface area contributed by atoms with Crippen LogP contribution in [-0.4, -0.2) is 38.9 Å². The number of aryl methyl sites for hydroxylation is 2. The van der Waals surface area contributed by atoms with Crippen molar-refractivity contribution in [3.05, 3.63) is 27.7 Å². The van der Waals surface area contributed by atoms with Gasteiger partial charge in [-0.1, -0.05) is 0 Å². The molecule has 5 rings (SSSR count). The Hall–Kier alpha value is -1.62. The first-order valence-electron chi connectivity index (χ1n) is 10.0. The third kappa shape index (κ3) is 2.64. The molecule has 5 heteroatoms. The molecule has 2 aliphatic carbocycles. The topological polar surface area (TPSA) is 43.1 Å². The molecule has 0 radical (unpaired) electrons. The Morgan fingerprint density at radius 1 is 1.12 bits per heavy atom. The van der Waals surface area contributed by atoms with Crippen LogP contribution >= 0.6 is 0 Å². The Kier molecular flexibility index (Phi) is 3.73. The van der Waals surface area contributed by atoms with Gasteiger partial charge in [0.05, 0.1) is 12.2 Å². The zero-order valence-corrected chi connectivity index (χ0v) is 15.2. The first-order chi connectivity index (χ1) is 12.2. The summed E-state index contributed by atoms with van der Waals surface area (Å²) in [6.45, 7) is 3.45. The van der Waals surface area contributed by atoms with Gasteiger partial charge >= 0.3 is 0 Å². The van der Waals surface area contributed by atoms with Gasteiger partial charge in [0.15, 0.2) is 0 Å². The minimum absolute atomic E-state index is 0.268. The molecule has 1 aliphatic heterocycles. The van der Waals surface area contributed by atoms with E-state index in [1.165, 1.54) is 49.7 Å². The molecular weight excluding hydrogens is 312 g/mol. The van der Waals surface area contributed by atoms with Gasteiger partial charge in [-0.15, -0.1) is 0 Å². The van der Waals surface area contributed by atoms with Crippen LogP contribution in [0.15, 0.2) is 11.0 Å². The van der Waals surface area contributed by atoms with Crippen molar-refractivity contribution in [2.45, 2.75) is 57.4 Å². The van der Waals surface area contributed by atoms with E-state index in [0.717, 1.165) is 49.4 Å². The van der Waals surface area contributed by atoms with Crippen molar-refractivity contribution in [1.82, 2.24) is 19.2 Å². The van der Waals surface area contributed by atoms with Gasteiger partial charge in [-0.3, -0.25) is 14.0 Å². The van der Waals surface area contributed by atoms with Crippen LogP contribution in [0.1, 0.15) is 55.7 Å². The van der Waals surface area contributed by atoms with E-state index in [-0.39, 0.29) is 5.56 Å². The lowest BCUT2D eigenvalue weighted by Gasteiger charge is -2.35. The molecule has 0 amide bonds. The highest BCUT2D eigenvalue weighted by molar-refractivity contribution is 5.80. The predicted molar refractivity (Wildman–Crippen MR) is 99.1 cm³/mol. The van der Waals surface area contributed by atoms with Gasteiger partial charge in [0.1, 0.15) is 5.65 Å². The maximum absolute atomic E-state index is 13.4. The van der Waals surface area contributed by atoms with Crippen molar-refractivity contribution < 1.29 is 0 Å². The van der Waals surface area contributed by atoms with Gasteiger partial charge in [0.2, 0.25) is 0 Å².